The Bertz CT molecular complexity index is 495. The first-order valence-corrected chi connectivity index (χ1v) is 4.33. The van der Waals surface area contributed by atoms with Gasteiger partial charge in [-0.25, -0.2) is 4.98 Å². The van der Waals surface area contributed by atoms with Crippen molar-refractivity contribution < 1.29 is 9.90 Å². The lowest BCUT2D eigenvalue weighted by molar-refractivity contribution is -0.136. The van der Waals surface area contributed by atoms with Crippen LogP contribution in [0.5, 0.6) is 0 Å². The van der Waals surface area contributed by atoms with Crippen molar-refractivity contribution in [1.29, 1.82) is 0 Å². The van der Waals surface area contributed by atoms with Crippen molar-refractivity contribution in [3.05, 3.63) is 23.3 Å². The summed E-state index contributed by atoms with van der Waals surface area (Å²) >= 11 is 0. The molecule has 0 aliphatic rings. The van der Waals surface area contributed by atoms with E-state index in [2.05, 4.69) is 9.97 Å². The van der Waals surface area contributed by atoms with Crippen LogP contribution in [0.2, 0.25) is 0 Å². The predicted octanol–water partition coefficient (Wildman–Crippen LogP) is 0.906. The van der Waals surface area contributed by atoms with Gasteiger partial charge in [-0.3, -0.25) is 9.20 Å². The Morgan fingerprint density at radius 3 is 2.93 bits per heavy atom. The molecule has 0 fully saturated rings. The molecular weight excluding hydrogens is 182 g/mol. The van der Waals surface area contributed by atoms with Crippen LogP contribution >= 0.6 is 0 Å². The quantitative estimate of drug-likeness (QED) is 0.744. The lowest BCUT2D eigenvalue weighted by Crippen LogP contribution is -2.02. The molecule has 5 heteroatoms. The zero-order valence-corrected chi connectivity index (χ0v) is 8.03. The number of fused-ring (bicyclic) bond motifs is 1. The molecular formula is C9H11N3O2. The van der Waals surface area contributed by atoms with Gasteiger partial charge in [-0.2, -0.15) is 0 Å². The Morgan fingerprint density at radius 1 is 1.64 bits per heavy atom. The highest BCUT2D eigenvalue weighted by molar-refractivity contribution is 5.70. The highest BCUT2D eigenvalue weighted by Gasteiger charge is 2.12. The molecule has 0 saturated carbocycles. The molecule has 2 heterocycles. The maximum atomic E-state index is 10.6. The van der Waals surface area contributed by atoms with Gasteiger partial charge in [-0.1, -0.05) is 0 Å². The summed E-state index contributed by atoms with van der Waals surface area (Å²) in [4.78, 5) is 17.7. The second-order valence-electron chi connectivity index (χ2n) is 3.32. The third kappa shape index (κ3) is 1.17. The lowest BCUT2D eigenvalue weighted by atomic mass is 10.2. The zero-order valence-electron chi connectivity index (χ0n) is 8.03. The van der Waals surface area contributed by atoms with Crippen molar-refractivity contribution in [1.82, 2.24) is 14.4 Å². The van der Waals surface area contributed by atoms with Crippen LogP contribution in [0.15, 0.2) is 6.20 Å². The molecule has 0 unspecified atom stereocenters. The second kappa shape index (κ2) is 2.87. The minimum atomic E-state index is -0.838. The minimum Gasteiger partial charge on any atom is -0.481 e. The van der Waals surface area contributed by atoms with Crippen molar-refractivity contribution in [3.8, 4) is 0 Å². The van der Waals surface area contributed by atoms with E-state index in [0.29, 0.717) is 11.5 Å². The van der Waals surface area contributed by atoms with E-state index in [1.165, 1.54) is 0 Å². The topological polar surface area (TPSA) is 70.4 Å². The van der Waals surface area contributed by atoms with E-state index in [-0.39, 0.29) is 6.42 Å². The second-order valence-corrected chi connectivity index (χ2v) is 3.32. The van der Waals surface area contributed by atoms with Crippen LogP contribution in [0.4, 0.5) is 0 Å². The number of hydrogen-bond acceptors (Lipinski definition) is 2. The summed E-state index contributed by atoms with van der Waals surface area (Å²) in [5, 5.41) is 8.67. The number of carbonyl (C=O) groups is 1. The molecule has 74 valence electrons. The SMILES string of the molecule is Cc1cnc2[nH]c(CC(=O)O)c(C)n12. The van der Waals surface area contributed by atoms with Gasteiger partial charge < -0.3 is 10.1 Å². The molecule has 5 nitrogen and oxygen atoms in total. The molecule has 2 aromatic heterocycles. The van der Waals surface area contributed by atoms with Gasteiger partial charge in [0.05, 0.1) is 12.6 Å². The number of rotatable bonds is 2. The highest BCUT2D eigenvalue weighted by atomic mass is 16.4. The number of hydrogen-bond donors (Lipinski definition) is 2. The van der Waals surface area contributed by atoms with Crippen LogP contribution in [0.1, 0.15) is 17.1 Å². The Morgan fingerprint density at radius 2 is 2.36 bits per heavy atom. The number of aromatic nitrogens is 3. The average Bonchev–Trinajstić information content (AvgIpc) is 2.57. The Kier molecular flexibility index (Phi) is 1.80. The van der Waals surface area contributed by atoms with E-state index in [0.717, 1.165) is 11.4 Å². The van der Waals surface area contributed by atoms with Crippen LogP contribution < -0.4 is 0 Å². The van der Waals surface area contributed by atoms with Crippen LogP contribution in [0.25, 0.3) is 5.78 Å². The Balaban J connectivity index is 2.57. The number of carboxylic acids is 1. The maximum Gasteiger partial charge on any atom is 0.309 e. The highest BCUT2D eigenvalue weighted by Crippen LogP contribution is 2.13. The average molecular weight is 193 g/mol. The van der Waals surface area contributed by atoms with E-state index < -0.39 is 5.97 Å². The van der Waals surface area contributed by atoms with Gasteiger partial charge in [0, 0.05) is 17.1 Å². The van der Waals surface area contributed by atoms with E-state index in [9.17, 15) is 4.79 Å². The van der Waals surface area contributed by atoms with Gasteiger partial charge in [-0.15, -0.1) is 0 Å². The monoisotopic (exact) mass is 193 g/mol. The summed E-state index contributed by atoms with van der Waals surface area (Å²) in [6.45, 7) is 3.82. The largest absolute Gasteiger partial charge is 0.481 e. The van der Waals surface area contributed by atoms with Gasteiger partial charge in [0.1, 0.15) is 0 Å². The lowest BCUT2D eigenvalue weighted by Gasteiger charge is -1.95. The number of aliphatic carboxylic acids is 1. The number of aryl methyl sites for hydroxylation is 2. The fourth-order valence-electron chi connectivity index (χ4n) is 1.63. The maximum absolute atomic E-state index is 10.6. The Labute approximate surface area is 80.4 Å². The molecule has 0 saturated heterocycles. The summed E-state index contributed by atoms with van der Waals surface area (Å²) in [6, 6.07) is 0. The van der Waals surface area contributed by atoms with Gasteiger partial charge in [0.25, 0.3) is 0 Å². The number of H-pyrrole nitrogens is 1. The molecule has 0 amide bonds. The Hall–Kier alpha value is -1.78. The smallest absolute Gasteiger partial charge is 0.309 e. The first kappa shape index (κ1) is 8.80. The number of carboxylic acid groups (broad SMARTS) is 1. The molecule has 14 heavy (non-hydrogen) atoms. The van der Waals surface area contributed by atoms with Gasteiger partial charge in [-0.05, 0) is 13.8 Å². The van der Waals surface area contributed by atoms with Crippen molar-refractivity contribution in [2.45, 2.75) is 20.3 Å². The zero-order chi connectivity index (χ0) is 10.3. The van der Waals surface area contributed by atoms with Crippen molar-refractivity contribution >= 4 is 11.7 Å². The molecule has 0 bridgehead atoms. The standard InChI is InChI=1S/C9H11N3O2/c1-5-4-10-9-11-7(3-8(13)14)6(2)12(5)9/h4H,3H2,1-2H3,(H,10,11)(H,13,14). The molecule has 2 rings (SSSR count). The summed E-state index contributed by atoms with van der Waals surface area (Å²) < 4.78 is 1.91. The van der Waals surface area contributed by atoms with Crippen molar-refractivity contribution in [2.75, 3.05) is 0 Å². The fraction of sp³-hybridized carbons (Fsp3) is 0.333. The molecule has 0 spiro atoms. The molecule has 2 aromatic rings. The predicted molar refractivity (Wildman–Crippen MR) is 50.4 cm³/mol. The minimum absolute atomic E-state index is 0.00856. The van der Waals surface area contributed by atoms with Crippen molar-refractivity contribution in [2.24, 2.45) is 0 Å². The van der Waals surface area contributed by atoms with E-state index in [1.807, 2.05) is 18.2 Å². The van der Waals surface area contributed by atoms with E-state index in [1.54, 1.807) is 6.20 Å². The number of aromatic amines is 1. The number of imidazole rings is 2. The molecule has 0 aliphatic carbocycles. The first-order chi connectivity index (χ1) is 6.59. The first-order valence-electron chi connectivity index (χ1n) is 4.33. The third-order valence-electron chi connectivity index (χ3n) is 2.30. The van der Waals surface area contributed by atoms with Crippen LogP contribution in [-0.2, 0) is 11.2 Å². The summed E-state index contributed by atoms with van der Waals surface area (Å²) in [7, 11) is 0. The number of nitrogens with zero attached hydrogens (tertiary/aromatic N) is 2. The van der Waals surface area contributed by atoms with Crippen molar-refractivity contribution in [3.63, 3.8) is 0 Å². The molecule has 0 radical (unpaired) electrons. The van der Waals surface area contributed by atoms with Crippen LogP contribution in [0, 0.1) is 13.8 Å². The molecule has 0 aliphatic heterocycles. The molecule has 0 atom stereocenters. The number of nitrogens with one attached hydrogen (secondary N) is 1. The van der Waals surface area contributed by atoms with E-state index in [4.69, 9.17) is 5.11 Å². The third-order valence-corrected chi connectivity index (χ3v) is 2.30. The normalized spacial score (nSPS) is 11.0. The molecule has 2 N–H and O–H groups in total. The van der Waals surface area contributed by atoms with Gasteiger partial charge >= 0.3 is 5.97 Å². The summed E-state index contributed by atoms with van der Waals surface area (Å²) in [5.41, 5.74) is 2.63. The molecule has 0 aromatic carbocycles. The fourth-order valence-corrected chi connectivity index (χ4v) is 1.63. The van der Waals surface area contributed by atoms with Gasteiger partial charge in [0.15, 0.2) is 0 Å². The van der Waals surface area contributed by atoms with E-state index >= 15 is 0 Å². The van der Waals surface area contributed by atoms with Crippen LogP contribution in [-0.4, -0.2) is 25.4 Å². The van der Waals surface area contributed by atoms with Crippen LogP contribution in [0.3, 0.4) is 0 Å². The van der Waals surface area contributed by atoms with Gasteiger partial charge in [0.2, 0.25) is 5.78 Å². The summed E-state index contributed by atoms with van der Waals surface area (Å²) in [6.07, 6.45) is 1.76. The summed E-state index contributed by atoms with van der Waals surface area (Å²) in [5.74, 6) is -0.133.